The van der Waals surface area contributed by atoms with Crippen LogP contribution in [0.1, 0.15) is 33.3 Å². The van der Waals surface area contributed by atoms with E-state index in [1.165, 1.54) is 6.20 Å². The number of morpholine rings is 1. The molecule has 2 heterocycles. The minimum absolute atomic E-state index is 0.229. The quantitative estimate of drug-likeness (QED) is 0.333. The fourth-order valence-electron chi connectivity index (χ4n) is 3.96. The van der Waals surface area contributed by atoms with E-state index in [4.69, 9.17) is 18.9 Å². The van der Waals surface area contributed by atoms with Crippen LogP contribution in [0.3, 0.4) is 0 Å². The van der Waals surface area contributed by atoms with E-state index in [1.807, 2.05) is 6.92 Å². The van der Waals surface area contributed by atoms with Crippen molar-refractivity contribution in [2.24, 2.45) is 0 Å². The first kappa shape index (κ1) is 23.7. The second-order valence-corrected chi connectivity index (χ2v) is 7.82. The van der Waals surface area contributed by atoms with E-state index < -0.39 is 0 Å². The molecule has 0 amide bonds. The largest absolute Gasteiger partial charge is 0.494 e. The zero-order valence-corrected chi connectivity index (χ0v) is 19.4. The molecule has 0 spiro atoms. The van der Waals surface area contributed by atoms with Crippen molar-refractivity contribution in [1.29, 1.82) is 0 Å². The number of carbonyl (C=O) groups excluding carboxylic acids is 2. The zero-order valence-electron chi connectivity index (χ0n) is 19.4. The average molecular weight is 465 g/mol. The van der Waals surface area contributed by atoms with Gasteiger partial charge in [0, 0.05) is 42.3 Å². The van der Waals surface area contributed by atoms with E-state index in [2.05, 4.69) is 9.88 Å². The summed E-state index contributed by atoms with van der Waals surface area (Å²) in [4.78, 5) is 31.7. The van der Waals surface area contributed by atoms with Crippen molar-refractivity contribution in [3.63, 3.8) is 0 Å². The number of rotatable bonds is 10. The molecule has 0 radical (unpaired) electrons. The Morgan fingerprint density at radius 2 is 1.91 bits per heavy atom. The Kier molecular flexibility index (Phi) is 7.72. The molecular weight excluding hydrogens is 436 g/mol. The summed E-state index contributed by atoms with van der Waals surface area (Å²) in [6, 6.07) is 10.4. The Bertz CT molecular complexity index is 1170. The molecule has 3 aromatic rings. The van der Waals surface area contributed by atoms with Crippen LogP contribution >= 0.6 is 0 Å². The van der Waals surface area contributed by atoms with Gasteiger partial charge in [-0.1, -0.05) is 12.1 Å². The van der Waals surface area contributed by atoms with Gasteiger partial charge in [-0.2, -0.15) is 0 Å². The van der Waals surface area contributed by atoms with Crippen LogP contribution in [-0.4, -0.2) is 75.1 Å². The number of aldehydes is 1. The van der Waals surface area contributed by atoms with Crippen LogP contribution in [0.5, 0.6) is 17.2 Å². The van der Waals surface area contributed by atoms with Gasteiger partial charge in [0.15, 0.2) is 17.8 Å². The van der Waals surface area contributed by atoms with Crippen LogP contribution in [0, 0.1) is 0 Å². The van der Waals surface area contributed by atoms with Gasteiger partial charge in [0.05, 0.1) is 26.9 Å². The van der Waals surface area contributed by atoms with Crippen molar-refractivity contribution in [1.82, 2.24) is 9.88 Å². The van der Waals surface area contributed by atoms with Crippen LogP contribution in [0.15, 0.2) is 42.6 Å². The molecule has 0 unspecified atom stereocenters. The maximum absolute atomic E-state index is 13.4. The number of fused-ring (bicyclic) bond motifs is 1. The van der Waals surface area contributed by atoms with Crippen molar-refractivity contribution >= 4 is 22.8 Å². The van der Waals surface area contributed by atoms with Gasteiger partial charge in [-0.3, -0.25) is 19.5 Å². The lowest BCUT2D eigenvalue weighted by molar-refractivity contribution is 0.0321. The lowest BCUT2D eigenvalue weighted by atomic mass is 9.99. The van der Waals surface area contributed by atoms with Crippen LogP contribution in [0.4, 0.5) is 0 Å². The Morgan fingerprint density at radius 3 is 2.65 bits per heavy atom. The first-order valence-corrected chi connectivity index (χ1v) is 11.3. The second kappa shape index (κ2) is 11.1. The minimum atomic E-state index is -0.271. The van der Waals surface area contributed by atoms with Gasteiger partial charge in [-0.25, -0.2) is 0 Å². The molecular formula is C26H28N2O6. The molecule has 0 bridgehead atoms. The number of hydrogen-bond acceptors (Lipinski definition) is 8. The summed E-state index contributed by atoms with van der Waals surface area (Å²) < 4.78 is 22.5. The Hall–Kier alpha value is -3.49. The molecule has 0 N–H and O–H groups in total. The lowest BCUT2D eigenvalue weighted by Crippen LogP contribution is -2.38. The van der Waals surface area contributed by atoms with E-state index in [0.717, 1.165) is 39.1 Å². The number of nitrogens with zero attached hydrogens (tertiary/aromatic N) is 2. The highest BCUT2D eigenvalue weighted by atomic mass is 16.5. The molecule has 8 heteroatoms. The fourth-order valence-corrected chi connectivity index (χ4v) is 3.96. The van der Waals surface area contributed by atoms with Crippen molar-refractivity contribution in [2.45, 2.75) is 6.92 Å². The SMILES string of the molecule is CCOc1cccc(C(=O)c2ncc(C=O)c3cc(OCCN4CCOCC4)c(OC)cc23)c1. The Labute approximate surface area is 198 Å². The number of ketones is 1. The van der Waals surface area contributed by atoms with E-state index in [1.54, 1.807) is 43.5 Å². The number of ether oxygens (including phenoxy) is 4. The summed E-state index contributed by atoms with van der Waals surface area (Å²) in [5.74, 6) is 1.31. The molecule has 8 nitrogen and oxygen atoms in total. The predicted octanol–water partition coefficient (Wildman–Crippen LogP) is 3.40. The van der Waals surface area contributed by atoms with Crippen LogP contribution < -0.4 is 14.2 Å². The smallest absolute Gasteiger partial charge is 0.212 e. The maximum atomic E-state index is 13.4. The monoisotopic (exact) mass is 464 g/mol. The highest BCUT2D eigenvalue weighted by Gasteiger charge is 2.20. The topological polar surface area (TPSA) is 87.2 Å². The number of aromatic nitrogens is 1. The van der Waals surface area contributed by atoms with Gasteiger partial charge in [-0.05, 0) is 36.6 Å². The predicted molar refractivity (Wildman–Crippen MR) is 127 cm³/mol. The second-order valence-electron chi connectivity index (χ2n) is 7.82. The van der Waals surface area contributed by atoms with Gasteiger partial charge in [0.2, 0.25) is 5.78 Å². The molecule has 1 aliphatic heterocycles. The molecule has 0 saturated carbocycles. The van der Waals surface area contributed by atoms with E-state index >= 15 is 0 Å². The summed E-state index contributed by atoms with van der Waals surface area (Å²) >= 11 is 0. The van der Waals surface area contributed by atoms with E-state index in [9.17, 15) is 9.59 Å². The van der Waals surface area contributed by atoms with Gasteiger partial charge in [0.1, 0.15) is 18.1 Å². The van der Waals surface area contributed by atoms with Crippen molar-refractivity contribution < 1.29 is 28.5 Å². The number of carbonyl (C=O) groups is 2. The summed E-state index contributed by atoms with van der Waals surface area (Å²) in [7, 11) is 1.54. The number of pyridine rings is 1. The molecule has 0 atom stereocenters. The van der Waals surface area contributed by atoms with Crippen molar-refractivity contribution in [2.75, 3.05) is 53.2 Å². The first-order chi connectivity index (χ1) is 16.6. The Balaban J connectivity index is 1.67. The third-order valence-electron chi connectivity index (χ3n) is 5.72. The number of hydrogen-bond donors (Lipinski definition) is 0. The third-order valence-corrected chi connectivity index (χ3v) is 5.72. The molecule has 1 aliphatic rings. The molecule has 178 valence electrons. The van der Waals surface area contributed by atoms with Gasteiger partial charge in [-0.15, -0.1) is 0 Å². The highest BCUT2D eigenvalue weighted by molar-refractivity contribution is 6.17. The molecule has 1 fully saturated rings. The van der Waals surface area contributed by atoms with Crippen LogP contribution in [0.2, 0.25) is 0 Å². The van der Waals surface area contributed by atoms with Gasteiger partial charge in [0.25, 0.3) is 0 Å². The molecule has 34 heavy (non-hydrogen) atoms. The highest BCUT2D eigenvalue weighted by Crippen LogP contribution is 2.35. The molecule has 1 aromatic heterocycles. The van der Waals surface area contributed by atoms with Gasteiger partial charge < -0.3 is 18.9 Å². The van der Waals surface area contributed by atoms with Gasteiger partial charge >= 0.3 is 0 Å². The number of benzene rings is 2. The van der Waals surface area contributed by atoms with E-state index in [0.29, 0.717) is 52.4 Å². The summed E-state index contributed by atoms with van der Waals surface area (Å²) in [5.41, 5.74) is 1.05. The molecule has 4 rings (SSSR count). The molecule has 0 aliphatic carbocycles. The summed E-state index contributed by atoms with van der Waals surface area (Å²) in [6.07, 6.45) is 2.14. The fraction of sp³-hybridized carbons (Fsp3) is 0.346. The first-order valence-electron chi connectivity index (χ1n) is 11.3. The third kappa shape index (κ3) is 5.18. The van der Waals surface area contributed by atoms with E-state index in [-0.39, 0.29) is 11.5 Å². The van der Waals surface area contributed by atoms with Crippen molar-refractivity contribution in [3.05, 3.63) is 59.4 Å². The average Bonchev–Trinajstić information content (AvgIpc) is 2.88. The Morgan fingerprint density at radius 1 is 1.12 bits per heavy atom. The lowest BCUT2D eigenvalue weighted by Gasteiger charge is -2.26. The van der Waals surface area contributed by atoms with Crippen LogP contribution in [0.25, 0.3) is 10.8 Å². The van der Waals surface area contributed by atoms with Crippen molar-refractivity contribution in [3.8, 4) is 17.2 Å². The standard InChI is InChI=1S/C26H28N2O6/c1-3-33-20-6-4-5-18(13-20)26(30)25-22-15-23(31-2)24(14-21(22)19(17-29)16-27-25)34-12-9-28-7-10-32-11-8-28/h4-6,13-17H,3,7-12H2,1-2H3. The molecule has 2 aromatic carbocycles. The normalized spacial score (nSPS) is 14.1. The summed E-state index contributed by atoms with van der Waals surface area (Å²) in [6.45, 7) is 6.77. The minimum Gasteiger partial charge on any atom is -0.494 e. The summed E-state index contributed by atoms with van der Waals surface area (Å²) in [5, 5.41) is 1.10. The maximum Gasteiger partial charge on any atom is 0.212 e. The zero-order chi connectivity index (χ0) is 23.9. The van der Waals surface area contributed by atoms with Crippen LogP contribution in [-0.2, 0) is 4.74 Å². The number of methoxy groups -OCH3 is 1. The molecule has 1 saturated heterocycles.